The van der Waals surface area contributed by atoms with Gasteiger partial charge in [0.1, 0.15) is 6.04 Å². The Balaban J connectivity index is 1.52. The first-order valence-electron chi connectivity index (χ1n) is 8.18. The molecule has 2 N–H and O–H groups in total. The molecule has 1 fully saturated rings. The first-order chi connectivity index (χ1) is 11.7. The van der Waals surface area contributed by atoms with Crippen molar-refractivity contribution in [1.29, 1.82) is 0 Å². The Bertz CT molecular complexity index is 841. The first-order valence-corrected chi connectivity index (χ1v) is 8.18. The van der Waals surface area contributed by atoms with Crippen LogP contribution in [0.3, 0.4) is 0 Å². The van der Waals surface area contributed by atoms with Crippen molar-refractivity contribution >= 4 is 0 Å². The van der Waals surface area contributed by atoms with E-state index in [1.807, 2.05) is 12.1 Å². The topological polar surface area (TPSA) is 63.0 Å². The molecule has 0 amide bonds. The average molecular weight is 320 g/mol. The van der Waals surface area contributed by atoms with Gasteiger partial charge in [-0.25, -0.2) is 10.9 Å². The molecule has 0 spiro atoms. The Morgan fingerprint density at radius 3 is 2.50 bits per heavy atom. The fraction of sp³-hybridized carbons (Fsp3) is 0.263. The van der Waals surface area contributed by atoms with E-state index >= 15 is 0 Å². The van der Waals surface area contributed by atoms with Crippen LogP contribution in [0.1, 0.15) is 41.1 Å². The van der Waals surface area contributed by atoms with Crippen LogP contribution in [0, 0.1) is 13.8 Å². The Morgan fingerprint density at radius 1 is 0.958 bits per heavy atom. The van der Waals surface area contributed by atoms with Crippen molar-refractivity contribution in [3.05, 3.63) is 71.1 Å². The van der Waals surface area contributed by atoms with Crippen molar-refractivity contribution in [2.75, 3.05) is 0 Å². The zero-order chi connectivity index (χ0) is 16.5. The van der Waals surface area contributed by atoms with Crippen LogP contribution >= 0.6 is 0 Å². The van der Waals surface area contributed by atoms with Crippen LogP contribution in [0.5, 0.6) is 0 Å². The molecule has 1 aromatic heterocycles. The summed E-state index contributed by atoms with van der Waals surface area (Å²) in [7, 11) is 0. The smallest absolute Gasteiger partial charge is 0.245 e. The number of aromatic nitrogens is 2. The lowest BCUT2D eigenvalue weighted by atomic mass is 9.98. The van der Waals surface area contributed by atoms with Crippen LogP contribution in [-0.2, 0) is 0 Å². The van der Waals surface area contributed by atoms with E-state index in [1.165, 1.54) is 16.7 Å². The molecule has 2 atom stereocenters. The van der Waals surface area contributed by atoms with E-state index in [1.54, 1.807) is 0 Å². The lowest BCUT2D eigenvalue weighted by Gasteiger charge is -2.12. The van der Waals surface area contributed by atoms with Crippen LogP contribution in [0.25, 0.3) is 11.4 Å². The summed E-state index contributed by atoms with van der Waals surface area (Å²) in [5, 5.41) is 4.12. The molecule has 0 radical (unpaired) electrons. The molecule has 2 aromatic carbocycles. The third-order valence-electron chi connectivity index (χ3n) is 4.52. The van der Waals surface area contributed by atoms with E-state index in [0.29, 0.717) is 11.7 Å². The van der Waals surface area contributed by atoms with E-state index in [-0.39, 0.29) is 12.1 Å². The maximum atomic E-state index is 5.48. The zero-order valence-corrected chi connectivity index (χ0v) is 13.8. The van der Waals surface area contributed by atoms with Crippen LogP contribution in [0.15, 0.2) is 53.1 Å². The lowest BCUT2D eigenvalue weighted by molar-refractivity contribution is 0.340. The maximum Gasteiger partial charge on any atom is 0.245 e. The van der Waals surface area contributed by atoms with Crippen molar-refractivity contribution in [2.45, 2.75) is 32.4 Å². The number of nitrogens with zero attached hydrogens (tertiary/aromatic N) is 2. The number of nitrogens with one attached hydrogen (secondary N) is 2. The molecule has 2 unspecified atom stereocenters. The van der Waals surface area contributed by atoms with Crippen LogP contribution < -0.4 is 10.9 Å². The number of hydrogen-bond acceptors (Lipinski definition) is 5. The number of hydrazine groups is 1. The molecule has 3 aromatic rings. The predicted molar refractivity (Wildman–Crippen MR) is 92.0 cm³/mol. The van der Waals surface area contributed by atoms with Crippen molar-refractivity contribution in [3.8, 4) is 11.4 Å². The average Bonchev–Trinajstić information content (AvgIpc) is 3.25. The summed E-state index contributed by atoms with van der Waals surface area (Å²) in [6, 6.07) is 16.8. The van der Waals surface area contributed by atoms with E-state index in [4.69, 9.17) is 4.52 Å². The van der Waals surface area contributed by atoms with Gasteiger partial charge < -0.3 is 4.52 Å². The van der Waals surface area contributed by atoms with E-state index in [0.717, 1.165) is 12.0 Å². The molecule has 0 bridgehead atoms. The van der Waals surface area contributed by atoms with Gasteiger partial charge >= 0.3 is 0 Å². The van der Waals surface area contributed by atoms with E-state index < -0.39 is 0 Å². The number of aryl methyl sites for hydroxylation is 2. The third kappa shape index (κ3) is 2.84. The molecule has 1 saturated heterocycles. The fourth-order valence-electron chi connectivity index (χ4n) is 3.10. The summed E-state index contributed by atoms with van der Waals surface area (Å²) in [6.45, 7) is 4.19. The molecule has 1 aliphatic heterocycles. The Morgan fingerprint density at radius 2 is 1.71 bits per heavy atom. The summed E-state index contributed by atoms with van der Waals surface area (Å²) < 4.78 is 5.48. The van der Waals surface area contributed by atoms with Gasteiger partial charge in [0.25, 0.3) is 0 Å². The third-order valence-corrected chi connectivity index (χ3v) is 4.52. The molecule has 5 nitrogen and oxygen atoms in total. The summed E-state index contributed by atoms with van der Waals surface area (Å²) in [5.41, 5.74) is 11.4. The van der Waals surface area contributed by atoms with E-state index in [2.05, 4.69) is 71.2 Å². The van der Waals surface area contributed by atoms with Gasteiger partial charge in [-0.05, 0) is 31.4 Å². The number of hydrogen-bond donors (Lipinski definition) is 2. The second-order valence-electron chi connectivity index (χ2n) is 6.31. The van der Waals surface area contributed by atoms with Crippen molar-refractivity contribution in [1.82, 2.24) is 21.0 Å². The van der Waals surface area contributed by atoms with Gasteiger partial charge in [0.2, 0.25) is 11.7 Å². The van der Waals surface area contributed by atoms with Gasteiger partial charge in [0, 0.05) is 11.6 Å². The van der Waals surface area contributed by atoms with Crippen molar-refractivity contribution in [3.63, 3.8) is 0 Å². The molecule has 0 aliphatic carbocycles. The fourth-order valence-corrected chi connectivity index (χ4v) is 3.10. The molecule has 24 heavy (non-hydrogen) atoms. The molecule has 4 rings (SSSR count). The first kappa shape index (κ1) is 15.1. The highest BCUT2D eigenvalue weighted by atomic mass is 16.5. The molecule has 0 saturated carbocycles. The van der Waals surface area contributed by atoms with Gasteiger partial charge in [-0.1, -0.05) is 59.3 Å². The maximum absolute atomic E-state index is 5.48. The minimum atomic E-state index is 0.0151. The zero-order valence-electron chi connectivity index (χ0n) is 13.8. The highest BCUT2D eigenvalue weighted by Crippen LogP contribution is 2.32. The van der Waals surface area contributed by atoms with Gasteiger partial charge in [-0.2, -0.15) is 4.98 Å². The summed E-state index contributed by atoms with van der Waals surface area (Å²) in [4.78, 5) is 4.56. The highest BCUT2D eigenvalue weighted by Gasteiger charge is 2.30. The van der Waals surface area contributed by atoms with Gasteiger partial charge in [-0.15, -0.1) is 0 Å². The standard InChI is InChI=1S/C19H20N4O/c1-12-7-9-14(10-8-12)18-20-19(24-23-18)17-11-16(21-22-17)15-6-4-3-5-13(15)2/h3-10,16-17,21-22H,11H2,1-2H3. The SMILES string of the molecule is Cc1ccc(-c2noc(C3CC(c4ccccc4C)NN3)n2)cc1. The summed E-state index contributed by atoms with van der Waals surface area (Å²) in [5.74, 6) is 1.25. The predicted octanol–water partition coefficient (Wildman–Crippen LogP) is 3.63. The van der Waals surface area contributed by atoms with Gasteiger partial charge in [-0.3, -0.25) is 0 Å². The minimum Gasteiger partial charge on any atom is -0.337 e. The minimum absolute atomic E-state index is 0.0151. The quantitative estimate of drug-likeness (QED) is 0.771. The summed E-state index contributed by atoms with van der Waals surface area (Å²) >= 11 is 0. The molecular weight excluding hydrogens is 300 g/mol. The van der Waals surface area contributed by atoms with E-state index in [9.17, 15) is 0 Å². The largest absolute Gasteiger partial charge is 0.337 e. The lowest BCUT2D eigenvalue weighted by Crippen LogP contribution is -2.27. The molecule has 2 heterocycles. The van der Waals surface area contributed by atoms with Crippen LogP contribution in [0.2, 0.25) is 0 Å². The second kappa shape index (κ2) is 6.19. The number of rotatable bonds is 3. The molecule has 5 heteroatoms. The van der Waals surface area contributed by atoms with Gasteiger partial charge in [0.15, 0.2) is 0 Å². The molecule has 1 aliphatic rings. The Hall–Kier alpha value is -2.50. The number of benzene rings is 2. The Labute approximate surface area is 141 Å². The second-order valence-corrected chi connectivity index (χ2v) is 6.31. The van der Waals surface area contributed by atoms with Crippen molar-refractivity contribution < 1.29 is 4.52 Å². The summed E-state index contributed by atoms with van der Waals surface area (Å²) in [6.07, 6.45) is 0.875. The Kier molecular flexibility index (Phi) is 3.88. The monoisotopic (exact) mass is 320 g/mol. The van der Waals surface area contributed by atoms with Crippen LogP contribution in [-0.4, -0.2) is 10.1 Å². The van der Waals surface area contributed by atoms with Crippen molar-refractivity contribution in [2.24, 2.45) is 0 Å². The van der Waals surface area contributed by atoms with Gasteiger partial charge in [0.05, 0.1) is 0 Å². The normalized spacial score (nSPS) is 20.4. The molecule has 122 valence electrons. The molecular formula is C19H20N4O. The van der Waals surface area contributed by atoms with Crippen LogP contribution in [0.4, 0.5) is 0 Å². The highest BCUT2D eigenvalue weighted by molar-refractivity contribution is 5.54.